The lowest BCUT2D eigenvalue weighted by atomic mass is 10.0. The molecule has 1 fully saturated rings. The molecule has 1 aliphatic rings. The predicted molar refractivity (Wildman–Crippen MR) is 42.0 cm³/mol. The third-order valence-electron chi connectivity index (χ3n) is 2.19. The van der Waals surface area contributed by atoms with Gasteiger partial charge in [0.1, 0.15) is 30.5 Å². The Morgan fingerprint density at radius 1 is 1.07 bits per heavy atom. The van der Waals surface area contributed by atoms with Gasteiger partial charge in [0.15, 0.2) is 6.29 Å². The zero-order valence-electron chi connectivity index (χ0n) is 7.26. The monoisotopic (exact) mass is 210 g/mol. The van der Waals surface area contributed by atoms with Crippen molar-refractivity contribution in [1.29, 1.82) is 0 Å². The number of hydrogen-bond acceptors (Lipinski definition) is 7. The lowest BCUT2D eigenvalue weighted by Crippen LogP contribution is -2.46. The molecule has 1 rings (SSSR count). The summed E-state index contributed by atoms with van der Waals surface area (Å²) in [6.07, 6.45) is -9.01. The highest BCUT2D eigenvalue weighted by atomic mass is 16.6. The lowest BCUT2D eigenvalue weighted by molar-refractivity contribution is -0.164. The quantitative estimate of drug-likeness (QED) is 0.281. The van der Waals surface area contributed by atoms with Gasteiger partial charge in [-0.3, -0.25) is 0 Å². The molecule has 0 bridgehead atoms. The minimum atomic E-state index is -1.60. The van der Waals surface area contributed by atoms with Gasteiger partial charge in [-0.25, -0.2) is 0 Å². The highest BCUT2D eigenvalue weighted by Gasteiger charge is 2.46. The van der Waals surface area contributed by atoms with E-state index in [0.29, 0.717) is 0 Å². The molecular formula is C7H14O7. The van der Waals surface area contributed by atoms with E-state index >= 15 is 0 Å². The molecule has 0 radical (unpaired) electrons. The van der Waals surface area contributed by atoms with Gasteiger partial charge in [0.2, 0.25) is 0 Å². The number of ether oxygens (including phenoxy) is 1. The van der Waals surface area contributed by atoms with Crippen LogP contribution in [0.5, 0.6) is 0 Å². The maximum atomic E-state index is 9.31. The van der Waals surface area contributed by atoms with E-state index in [9.17, 15) is 10.2 Å². The van der Waals surface area contributed by atoms with E-state index in [1.165, 1.54) is 0 Å². The number of aliphatic hydroxyl groups is 6. The number of hydrogen-bond donors (Lipinski definition) is 6. The molecule has 0 amide bonds. The van der Waals surface area contributed by atoms with Crippen LogP contribution in [-0.2, 0) is 4.74 Å². The minimum Gasteiger partial charge on any atom is -0.394 e. The molecule has 6 N–H and O–H groups in total. The second-order valence-electron chi connectivity index (χ2n) is 3.21. The molecule has 0 aromatic carbocycles. The molecule has 7 heteroatoms. The Hall–Kier alpha value is -0.280. The van der Waals surface area contributed by atoms with Crippen molar-refractivity contribution in [3.63, 3.8) is 0 Å². The Kier molecular flexibility index (Phi) is 3.78. The summed E-state index contributed by atoms with van der Waals surface area (Å²) in [5, 5.41) is 54.1. The van der Waals surface area contributed by atoms with Crippen molar-refractivity contribution in [3.05, 3.63) is 0 Å². The van der Waals surface area contributed by atoms with E-state index in [-0.39, 0.29) is 0 Å². The fourth-order valence-electron chi connectivity index (χ4n) is 1.29. The first-order valence-electron chi connectivity index (χ1n) is 4.15. The zero-order valence-corrected chi connectivity index (χ0v) is 7.26. The van der Waals surface area contributed by atoms with Crippen molar-refractivity contribution in [1.82, 2.24) is 0 Å². The van der Waals surface area contributed by atoms with Crippen LogP contribution in [0.2, 0.25) is 0 Å². The molecule has 1 saturated heterocycles. The SMILES string of the molecule is OC[C@H](O)[C@@H](O)[C@H]1OC(O)[C@@H](O)[C@H]1O. The van der Waals surface area contributed by atoms with Gasteiger partial charge in [-0.15, -0.1) is 0 Å². The van der Waals surface area contributed by atoms with Crippen LogP contribution in [0.25, 0.3) is 0 Å². The number of aliphatic hydroxyl groups excluding tert-OH is 6. The van der Waals surface area contributed by atoms with Crippen LogP contribution in [0.3, 0.4) is 0 Å². The summed E-state index contributed by atoms with van der Waals surface area (Å²) >= 11 is 0. The van der Waals surface area contributed by atoms with Gasteiger partial charge in [0.05, 0.1) is 6.61 Å². The highest BCUT2D eigenvalue weighted by molar-refractivity contribution is 4.92. The van der Waals surface area contributed by atoms with Crippen molar-refractivity contribution < 1.29 is 35.4 Å². The van der Waals surface area contributed by atoms with Crippen LogP contribution in [0.1, 0.15) is 0 Å². The summed E-state index contributed by atoms with van der Waals surface area (Å²) in [5.41, 5.74) is 0. The molecule has 84 valence electrons. The molecule has 14 heavy (non-hydrogen) atoms. The summed E-state index contributed by atoms with van der Waals surface area (Å²) in [6.45, 7) is -0.708. The summed E-state index contributed by atoms with van der Waals surface area (Å²) in [7, 11) is 0. The standard InChI is InChI=1S/C7H14O7/c8-1-2(9)3(10)6-4(11)5(12)7(13)14-6/h2-13H,1H2/t2-,3+,4+,5-,6+,7?/m0/s1. The van der Waals surface area contributed by atoms with Crippen LogP contribution in [0.4, 0.5) is 0 Å². The molecule has 1 aliphatic heterocycles. The van der Waals surface area contributed by atoms with Crippen molar-refractivity contribution in [2.75, 3.05) is 6.61 Å². The Labute approximate surface area is 79.8 Å². The first-order chi connectivity index (χ1) is 6.49. The van der Waals surface area contributed by atoms with Crippen molar-refractivity contribution in [2.24, 2.45) is 0 Å². The molecule has 1 heterocycles. The third kappa shape index (κ3) is 2.04. The Morgan fingerprint density at radius 3 is 2.00 bits per heavy atom. The van der Waals surface area contributed by atoms with Gasteiger partial charge >= 0.3 is 0 Å². The van der Waals surface area contributed by atoms with E-state index in [1.54, 1.807) is 0 Å². The normalized spacial score (nSPS) is 42.4. The van der Waals surface area contributed by atoms with E-state index < -0.39 is 43.4 Å². The largest absolute Gasteiger partial charge is 0.394 e. The second-order valence-corrected chi connectivity index (χ2v) is 3.21. The third-order valence-corrected chi connectivity index (χ3v) is 2.19. The molecule has 0 aromatic rings. The molecule has 0 saturated carbocycles. The van der Waals surface area contributed by atoms with E-state index in [1.807, 2.05) is 0 Å². The summed E-state index contributed by atoms with van der Waals surface area (Å²) in [4.78, 5) is 0. The summed E-state index contributed by atoms with van der Waals surface area (Å²) < 4.78 is 4.61. The smallest absolute Gasteiger partial charge is 0.184 e. The lowest BCUT2D eigenvalue weighted by Gasteiger charge is -2.23. The van der Waals surface area contributed by atoms with Crippen molar-refractivity contribution in [2.45, 2.75) is 36.8 Å². The van der Waals surface area contributed by atoms with Gasteiger partial charge in [0.25, 0.3) is 0 Å². The fraction of sp³-hybridized carbons (Fsp3) is 1.00. The molecule has 0 spiro atoms. The van der Waals surface area contributed by atoms with Gasteiger partial charge in [-0.2, -0.15) is 0 Å². The summed E-state index contributed by atoms with van der Waals surface area (Å²) in [6, 6.07) is 0. The Morgan fingerprint density at radius 2 is 1.64 bits per heavy atom. The fourth-order valence-corrected chi connectivity index (χ4v) is 1.29. The van der Waals surface area contributed by atoms with Crippen LogP contribution in [0, 0.1) is 0 Å². The molecule has 1 unspecified atom stereocenters. The van der Waals surface area contributed by atoms with Crippen LogP contribution in [0.15, 0.2) is 0 Å². The predicted octanol–water partition coefficient (Wildman–Crippen LogP) is -3.86. The molecule has 0 aliphatic carbocycles. The van der Waals surface area contributed by atoms with Crippen molar-refractivity contribution in [3.8, 4) is 0 Å². The Balaban J connectivity index is 2.61. The zero-order chi connectivity index (χ0) is 10.9. The number of rotatable bonds is 3. The highest BCUT2D eigenvalue weighted by Crippen LogP contribution is 2.23. The minimum absolute atomic E-state index is 0.708. The van der Waals surface area contributed by atoms with E-state index in [4.69, 9.17) is 20.4 Å². The van der Waals surface area contributed by atoms with Gasteiger partial charge in [-0.1, -0.05) is 0 Å². The van der Waals surface area contributed by atoms with Gasteiger partial charge in [-0.05, 0) is 0 Å². The first kappa shape index (κ1) is 11.8. The van der Waals surface area contributed by atoms with Crippen LogP contribution in [-0.4, -0.2) is 74.1 Å². The van der Waals surface area contributed by atoms with Crippen molar-refractivity contribution >= 4 is 0 Å². The second kappa shape index (κ2) is 4.49. The van der Waals surface area contributed by atoms with Gasteiger partial charge in [0, 0.05) is 0 Å². The van der Waals surface area contributed by atoms with Crippen LogP contribution < -0.4 is 0 Å². The first-order valence-corrected chi connectivity index (χ1v) is 4.15. The molecule has 7 nitrogen and oxygen atoms in total. The molecule has 0 aromatic heterocycles. The maximum absolute atomic E-state index is 9.31. The Bertz CT molecular complexity index is 187. The summed E-state index contributed by atoms with van der Waals surface area (Å²) in [5.74, 6) is 0. The average Bonchev–Trinajstić information content (AvgIpc) is 2.43. The molecular weight excluding hydrogens is 196 g/mol. The van der Waals surface area contributed by atoms with Crippen LogP contribution >= 0.6 is 0 Å². The average molecular weight is 210 g/mol. The van der Waals surface area contributed by atoms with E-state index in [2.05, 4.69) is 4.74 Å². The topological polar surface area (TPSA) is 131 Å². The molecule has 6 atom stereocenters. The maximum Gasteiger partial charge on any atom is 0.184 e. The van der Waals surface area contributed by atoms with E-state index in [0.717, 1.165) is 0 Å². The van der Waals surface area contributed by atoms with Gasteiger partial charge < -0.3 is 35.4 Å².